The van der Waals surface area contributed by atoms with E-state index in [1.807, 2.05) is 43.3 Å². The second-order valence-corrected chi connectivity index (χ2v) is 5.50. The number of carbonyl (C=O) groups is 1. The first-order chi connectivity index (χ1) is 10.2. The molecule has 2 heterocycles. The minimum absolute atomic E-state index is 0.207. The molecule has 1 aromatic carbocycles. The minimum Gasteiger partial charge on any atom is -0.353 e. The molecule has 0 aliphatic carbocycles. The summed E-state index contributed by atoms with van der Waals surface area (Å²) in [6.45, 7) is 2.93. The molecule has 1 atom stereocenters. The van der Waals surface area contributed by atoms with Crippen LogP contribution in [-0.2, 0) is 0 Å². The first-order valence-corrected chi connectivity index (χ1v) is 7.37. The van der Waals surface area contributed by atoms with E-state index in [2.05, 4.69) is 14.9 Å². The molecule has 1 saturated heterocycles. The minimum atomic E-state index is 0.207. The van der Waals surface area contributed by atoms with Crippen molar-refractivity contribution >= 4 is 11.6 Å². The number of anilines is 1. The molecule has 108 valence electrons. The van der Waals surface area contributed by atoms with Gasteiger partial charge in [0.1, 0.15) is 12.1 Å². The first-order valence-electron chi connectivity index (χ1n) is 7.37. The van der Waals surface area contributed by atoms with Gasteiger partial charge in [0.05, 0.1) is 0 Å². The van der Waals surface area contributed by atoms with Crippen LogP contribution in [0, 0.1) is 6.92 Å². The van der Waals surface area contributed by atoms with Crippen molar-refractivity contribution in [2.75, 3.05) is 11.4 Å². The van der Waals surface area contributed by atoms with Gasteiger partial charge in [-0.2, -0.15) is 0 Å². The van der Waals surface area contributed by atoms with E-state index in [9.17, 15) is 4.79 Å². The van der Waals surface area contributed by atoms with E-state index in [4.69, 9.17) is 0 Å². The quantitative estimate of drug-likeness (QED) is 0.808. The van der Waals surface area contributed by atoms with Crippen molar-refractivity contribution in [1.82, 2.24) is 9.97 Å². The van der Waals surface area contributed by atoms with Crippen LogP contribution in [0.2, 0.25) is 0 Å². The summed E-state index contributed by atoms with van der Waals surface area (Å²) in [5.41, 5.74) is 1.75. The van der Waals surface area contributed by atoms with E-state index in [0.29, 0.717) is 6.42 Å². The zero-order valence-electron chi connectivity index (χ0n) is 12.2. The molecular weight excluding hydrogens is 262 g/mol. The summed E-state index contributed by atoms with van der Waals surface area (Å²) in [6.07, 6.45) is 4.30. The number of Topliss-reactive ketones (excluding diaryl/α,β-unsaturated/α-hetero) is 1. The van der Waals surface area contributed by atoms with Gasteiger partial charge in [-0.25, -0.2) is 9.97 Å². The molecule has 4 heteroatoms. The monoisotopic (exact) mass is 281 g/mol. The van der Waals surface area contributed by atoms with Gasteiger partial charge in [-0.3, -0.25) is 4.79 Å². The largest absolute Gasteiger partial charge is 0.353 e. The zero-order chi connectivity index (χ0) is 14.7. The van der Waals surface area contributed by atoms with Crippen LogP contribution in [0.4, 0.5) is 5.82 Å². The van der Waals surface area contributed by atoms with Crippen LogP contribution in [0.15, 0.2) is 42.7 Å². The van der Waals surface area contributed by atoms with Crippen molar-refractivity contribution in [2.45, 2.75) is 32.2 Å². The van der Waals surface area contributed by atoms with Gasteiger partial charge in [0.15, 0.2) is 5.78 Å². The lowest BCUT2D eigenvalue weighted by atomic mass is 10.0. The number of ketones is 1. The molecule has 0 spiro atoms. The number of carbonyl (C=O) groups excluding carboxylic acids is 1. The zero-order valence-corrected chi connectivity index (χ0v) is 12.2. The molecule has 21 heavy (non-hydrogen) atoms. The third-order valence-electron chi connectivity index (χ3n) is 3.98. The maximum absolute atomic E-state index is 12.4. The Labute approximate surface area is 124 Å². The fourth-order valence-electron chi connectivity index (χ4n) is 2.90. The Bertz CT molecular complexity index is 627. The second-order valence-electron chi connectivity index (χ2n) is 5.50. The van der Waals surface area contributed by atoms with Gasteiger partial charge < -0.3 is 4.90 Å². The van der Waals surface area contributed by atoms with Crippen LogP contribution in [-0.4, -0.2) is 28.3 Å². The van der Waals surface area contributed by atoms with Crippen molar-refractivity contribution in [3.63, 3.8) is 0 Å². The van der Waals surface area contributed by atoms with Gasteiger partial charge in [0.2, 0.25) is 0 Å². The summed E-state index contributed by atoms with van der Waals surface area (Å²) in [5.74, 6) is 1.14. The molecule has 0 unspecified atom stereocenters. The molecule has 0 bridgehead atoms. The lowest BCUT2D eigenvalue weighted by molar-refractivity contribution is 0.0974. The van der Waals surface area contributed by atoms with Crippen molar-refractivity contribution < 1.29 is 4.79 Å². The van der Waals surface area contributed by atoms with E-state index in [0.717, 1.165) is 36.5 Å². The molecule has 0 N–H and O–H groups in total. The number of aryl methyl sites for hydroxylation is 1. The molecule has 1 fully saturated rings. The van der Waals surface area contributed by atoms with E-state index < -0.39 is 0 Å². The summed E-state index contributed by atoms with van der Waals surface area (Å²) in [6, 6.07) is 11.8. The smallest absolute Gasteiger partial charge is 0.164 e. The van der Waals surface area contributed by atoms with Crippen LogP contribution in [0.1, 0.15) is 35.3 Å². The molecule has 1 aromatic heterocycles. The third-order valence-corrected chi connectivity index (χ3v) is 3.98. The predicted molar refractivity (Wildman–Crippen MR) is 82.5 cm³/mol. The van der Waals surface area contributed by atoms with Crippen LogP contribution in [0.5, 0.6) is 0 Å². The highest BCUT2D eigenvalue weighted by atomic mass is 16.1. The number of hydrogen-bond acceptors (Lipinski definition) is 4. The Balaban J connectivity index is 1.74. The van der Waals surface area contributed by atoms with E-state index in [1.54, 1.807) is 6.33 Å². The predicted octanol–water partition coefficient (Wildman–Crippen LogP) is 3.03. The fourth-order valence-corrected chi connectivity index (χ4v) is 2.90. The molecule has 0 saturated carbocycles. The molecule has 0 amide bonds. The summed E-state index contributed by atoms with van der Waals surface area (Å²) >= 11 is 0. The molecule has 2 aromatic rings. The first kappa shape index (κ1) is 13.7. The Kier molecular flexibility index (Phi) is 3.95. The van der Waals surface area contributed by atoms with E-state index in [-0.39, 0.29) is 11.8 Å². The average Bonchev–Trinajstić information content (AvgIpc) is 2.96. The molecule has 1 aliphatic heterocycles. The molecule has 3 rings (SSSR count). The van der Waals surface area contributed by atoms with Crippen LogP contribution >= 0.6 is 0 Å². The summed E-state index contributed by atoms with van der Waals surface area (Å²) in [7, 11) is 0. The average molecular weight is 281 g/mol. The second kappa shape index (κ2) is 6.04. The van der Waals surface area contributed by atoms with Gasteiger partial charge in [-0.05, 0) is 19.8 Å². The number of aromatic nitrogens is 2. The van der Waals surface area contributed by atoms with Crippen molar-refractivity contribution in [3.05, 3.63) is 54.0 Å². The van der Waals surface area contributed by atoms with E-state index in [1.165, 1.54) is 0 Å². The highest BCUT2D eigenvalue weighted by molar-refractivity contribution is 5.96. The molecular formula is C17H19N3O. The van der Waals surface area contributed by atoms with Gasteiger partial charge in [-0.15, -0.1) is 0 Å². The molecule has 4 nitrogen and oxygen atoms in total. The van der Waals surface area contributed by atoms with Crippen LogP contribution in [0.3, 0.4) is 0 Å². The van der Waals surface area contributed by atoms with Gasteiger partial charge in [0.25, 0.3) is 0 Å². The van der Waals surface area contributed by atoms with Crippen molar-refractivity contribution in [3.8, 4) is 0 Å². The SMILES string of the molecule is Cc1cc(N2CCC[C@@H]2CC(=O)c2ccccc2)ncn1. The van der Waals surface area contributed by atoms with Crippen LogP contribution in [0.25, 0.3) is 0 Å². The van der Waals surface area contributed by atoms with E-state index >= 15 is 0 Å². The lowest BCUT2D eigenvalue weighted by Gasteiger charge is -2.25. The highest BCUT2D eigenvalue weighted by Crippen LogP contribution is 2.26. The lowest BCUT2D eigenvalue weighted by Crippen LogP contribution is -2.32. The Morgan fingerprint density at radius 3 is 2.86 bits per heavy atom. The summed E-state index contributed by atoms with van der Waals surface area (Å²) in [4.78, 5) is 23.1. The maximum atomic E-state index is 12.4. The third kappa shape index (κ3) is 3.10. The fraction of sp³-hybridized carbons (Fsp3) is 0.353. The number of rotatable bonds is 4. The molecule has 0 radical (unpaired) electrons. The maximum Gasteiger partial charge on any atom is 0.164 e. The Hall–Kier alpha value is -2.23. The standard InChI is InChI=1S/C17H19N3O/c1-13-10-17(19-12-18-13)20-9-5-8-15(20)11-16(21)14-6-3-2-4-7-14/h2-4,6-7,10,12,15H,5,8-9,11H2,1H3/t15-/m1/s1. The van der Waals surface area contributed by atoms with Crippen molar-refractivity contribution in [1.29, 1.82) is 0 Å². The summed E-state index contributed by atoms with van der Waals surface area (Å²) < 4.78 is 0. The highest BCUT2D eigenvalue weighted by Gasteiger charge is 2.28. The topological polar surface area (TPSA) is 46.1 Å². The normalized spacial score (nSPS) is 18.0. The summed E-state index contributed by atoms with van der Waals surface area (Å²) in [5, 5.41) is 0. The van der Waals surface area contributed by atoms with Crippen LogP contribution < -0.4 is 4.90 Å². The van der Waals surface area contributed by atoms with Crippen molar-refractivity contribution in [2.24, 2.45) is 0 Å². The Morgan fingerprint density at radius 2 is 2.10 bits per heavy atom. The molecule has 1 aliphatic rings. The number of hydrogen-bond donors (Lipinski definition) is 0. The van der Waals surface area contributed by atoms with Gasteiger partial charge in [-0.1, -0.05) is 30.3 Å². The number of nitrogens with zero attached hydrogens (tertiary/aromatic N) is 3. The number of benzene rings is 1. The van der Waals surface area contributed by atoms with Gasteiger partial charge in [0, 0.05) is 36.3 Å². The Morgan fingerprint density at radius 1 is 1.29 bits per heavy atom. The van der Waals surface area contributed by atoms with Gasteiger partial charge >= 0.3 is 0 Å².